The molecule has 2 aliphatic rings. The number of esters is 1. The maximum atomic E-state index is 13.6. The number of ether oxygens (including phenoxy) is 2. The van der Waals surface area contributed by atoms with Gasteiger partial charge in [-0.25, -0.2) is 9.59 Å². The van der Waals surface area contributed by atoms with Crippen LogP contribution >= 0.6 is 0 Å². The van der Waals surface area contributed by atoms with Crippen LogP contribution in [0.3, 0.4) is 0 Å². The average molecular weight is 485 g/mol. The number of cyclic esters (lactones) is 1. The van der Waals surface area contributed by atoms with E-state index in [1.54, 1.807) is 20.0 Å². The van der Waals surface area contributed by atoms with Gasteiger partial charge in [0.2, 0.25) is 5.79 Å². The summed E-state index contributed by atoms with van der Waals surface area (Å²) in [4.78, 5) is 32.1. The molecule has 2 heterocycles. The van der Waals surface area contributed by atoms with E-state index in [1.807, 2.05) is 47.6 Å². The topological polar surface area (TPSA) is 89.0 Å². The second-order valence-corrected chi connectivity index (χ2v) is 11.9. The van der Waals surface area contributed by atoms with E-state index < -0.39 is 35.0 Å². The predicted molar refractivity (Wildman–Crippen MR) is 134 cm³/mol. The molecule has 0 radical (unpaired) electrons. The molecular formula is C28H40N2O5. The van der Waals surface area contributed by atoms with Gasteiger partial charge in [-0.3, -0.25) is 9.88 Å². The Morgan fingerprint density at radius 1 is 1.31 bits per heavy atom. The summed E-state index contributed by atoms with van der Waals surface area (Å²) in [5.74, 6) is 5.61. The van der Waals surface area contributed by atoms with Crippen molar-refractivity contribution in [1.29, 1.82) is 0 Å². The molecule has 0 bridgehead atoms. The zero-order valence-electron chi connectivity index (χ0n) is 22.4. The molecule has 0 aromatic carbocycles. The van der Waals surface area contributed by atoms with Crippen molar-refractivity contribution in [1.82, 2.24) is 9.88 Å². The van der Waals surface area contributed by atoms with Crippen LogP contribution in [0.5, 0.6) is 0 Å². The van der Waals surface area contributed by atoms with Crippen molar-refractivity contribution in [3.05, 3.63) is 29.1 Å². The maximum Gasteiger partial charge on any atom is 0.408 e. The first-order valence-corrected chi connectivity index (χ1v) is 12.5. The number of carbonyl (C=O) groups is 2. The van der Waals surface area contributed by atoms with Crippen molar-refractivity contribution >= 4 is 12.1 Å². The third-order valence-electron chi connectivity index (χ3n) is 6.50. The summed E-state index contributed by atoms with van der Waals surface area (Å²) in [6.07, 6.45) is 4.55. The van der Waals surface area contributed by atoms with Gasteiger partial charge in [0.05, 0.1) is 6.04 Å². The molecule has 2 atom stereocenters. The Balaban J connectivity index is 2.09. The molecule has 7 heteroatoms. The highest BCUT2D eigenvalue weighted by Gasteiger charge is 2.62. The Morgan fingerprint density at radius 2 is 1.97 bits per heavy atom. The van der Waals surface area contributed by atoms with E-state index in [4.69, 9.17) is 9.47 Å². The van der Waals surface area contributed by atoms with E-state index >= 15 is 0 Å². The summed E-state index contributed by atoms with van der Waals surface area (Å²) in [7, 11) is 0. The van der Waals surface area contributed by atoms with Crippen molar-refractivity contribution in [2.75, 3.05) is 0 Å². The Hall–Kier alpha value is -2.59. The van der Waals surface area contributed by atoms with Crippen molar-refractivity contribution in [3.63, 3.8) is 0 Å². The van der Waals surface area contributed by atoms with Gasteiger partial charge >= 0.3 is 12.1 Å². The summed E-state index contributed by atoms with van der Waals surface area (Å²) in [5, 5.41) is 10.3. The third kappa shape index (κ3) is 6.35. The van der Waals surface area contributed by atoms with Crippen LogP contribution in [0.25, 0.3) is 0 Å². The van der Waals surface area contributed by atoms with Crippen LogP contribution in [0.2, 0.25) is 0 Å². The summed E-state index contributed by atoms with van der Waals surface area (Å²) >= 11 is 0. The standard InChI is InChI=1S/C28H40N2O5/c1-18(2)14-23(30(25(32)33)26(4,5)6)28(24(31)34-27(7,8)35-28)16-22-15-21(19(3)17-29-22)11-9-10-20-12-13-20/h15,17-18,20,23H,10,12-14,16H2,1-8H3,(H,32,33)/t23?,28-/m1/s1. The number of nitrogens with zero attached hydrogens (tertiary/aromatic N) is 2. The molecule has 1 N–H and O–H groups in total. The molecule has 1 aromatic heterocycles. The smallest absolute Gasteiger partial charge is 0.408 e. The zero-order valence-corrected chi connectivity index (χ0v) is 22.4. The van der Waals surface area contributed by atoms with E-state index in [1.165, 1.54) is 17.7 Å². The lowest BCUT2D eigenvalue weighted by atomic mass is 9.81. The van der Waals surface area contributed by atoms with E-state index in [2.05, 4.69) is 16.8 Å². The number of hydrogen-bond donors (Lipinski definition) is 1. The van der Waals surface area contributed by atoms with Gasteiger partial charge in [0, 0.05) is 49.7 Å². The van der Waals surface area contributed by atoms with E-state index in [0.29, 0.717) is 18.0 Å². The molecule has 1 saturated carbocycles. The Morgan fingerprint density at radius 3 is 2.46 bits per heavy atom. The van der Waals surface area contributed by atoms with Crippen LogP contribution in [0.15, 0.2) is 12.3 Å². The van der Waals surface area contributed by atoms with Gasteiger partial charge in [-0.05, 0) is 70.4 Å². The van der Waals surface area contributed by atoms with Crippen LogP contribution in [-0.2, 0) is 20.7 Å². The summed E-state index contributed by atoms with van der Waals surface area (Å²) in [5.41, 5.74) is 0.133. The largest absolute Gasteiger partial charge is 0.465 e. The maximum absolute atomic E-state index is 13.6. The highest BCUT2D eigenvalue weighted by molar-refractivity contribution is 5.84. The number of aryl methyl sites for hydroxylation is 1. The highest BCUT2D eigenvalue weighted by Crippen LogP contribution is 2.43. The molecule has 1 aliphatic carbocycles. The first-order valence-electron chi connectivity index (χ1n) is 12.5. The minimum Gasteiger partial charge on any atom is -0.465 e. The predicted octanol–water partition coefficient (Wildman–Crippen LogP) is 5.33. The Kier molecular flexibility index (Phi) is 7.57. The molecule has 1 unspecified atom stereocenters. The molecule has 1 saturated heterocycles. The van der Waals surface area contributed by atoms with Gasteiger partial charge in [-0.2, -0.15) is 0 Å². The minimum atomic E-state index is -1.54. The molecule has 2 fully saturated rings. The molecule has 192 valence electrons. The van der Waals surface area contributed by atoms with Crippen molar-refractivity contribution in [3.8, 4) is 11.8 Å². The fourth-order valence-corrected chi connectivity index (χ4v) is 4.76. The van der Waals surface area contributed by atoms with E-state index in [0.717, 1.165) is 17.5 Å². The zero-order chi connectivity index (χ0) is 26.2. The molecular weight excluding hydrogens is 444 g/mol. The highest BCUT2D eigenvalue weighted by atomic mass is 16.8. The van der Waals surface area contributed by atoms with Crippen molar-refractivity contribution in [2.45, 2.75) is 110 Å². The van der Waals surface area contributed by atoms with Crippen molar-refractivity contribution in [2.24, 2.45) is 11.8 Å². The molecule has 1 aliphatic heterocycles. The number of amides is 1. The van der Waals surface area contributed by atoms with Crippen LogP contribution < -0.4 is 0 Å². The van der Waals surface area contributed by atoms with Crippen LogP contribution in [-0.4, -0.2) is 50.0 Å². The molecule has 1 aromatic rings. The number of carboxylic acid groups (broad SMARTS) is 1. The first kappa shape index (κ1) is 27.0. The Labute approximate surface area is 209 Å². The van der Waals surface area contributed by atoms with Gasteiger partial charge in [-0.1, -0.05) is 25.7 Å². The van der Waals surface area contributed by atoms with Crippen LogP contribution in [0.4, 0.5) is 4.79 Å². The summed E-state index contributed by atoms with van der Waals surface area (Å²) in [6, 6.07) is 1.12. The summed E-state index contributed by atoms with van der Waals surface area (Å²) < 4.78 is 12.0. The normalized spacial score (nSPS) is 22.4. The second kappa shape index (κ2) is 9.81. The van der Waals surface area contributed by atoms with Gasteiger partial charge in [-0.15, -0.1) is 0 Å². The van der Waals surface area contributed by atoms with E-state index in [-0.39, 0.29) is 12.3 Å². The molecule has 35 heavy (non-hydrogen) atoms. The molecule has 3 rings (SSSR count). The number of carbonyl (C=O) groups excluding carboxylic acids is 1. The van der Waals surface area contributed by atoms with Gasteiger partial charge < -0.3 is 14.6 Å². The SMILES string of the molecule is Cc1cnc(C[C@]2(C(CC(C)C)N(C(=O)O)C(C)(C)C)OC(C)(C)OC2=O)cc1C#CCC1CC1. The molecule has 0 spiro atoms. The van der Waals surface area contributed by atoms with Crippen molar-refractivity contribution < 1.29 is 24.2 Å². The van der Waals surface area contributed by atoms with Crippen LogP contribution in [0, 0.1) is 30.6 Å². The second-order valence-electron chi connectivity index (χ2n) is 11.9. The lowest BCUT2D eigenvalue weighted by Gasteiger charge is -2.46. The lowest BCUT2D eigenvalue weighted by Crippen LogP contribution is -2.64. The van der Waals surface area contributed by atoms with E-state index in [9.17, 15) is 14.7 Å². The van der Waals surface area contributed by atoms with Crippen LogP contribution in [0.1, 0.15) is 91.0 Å². The number of hydrogen-bond acceptors (Lipinski definition) is 5. The third-order valence-corrected chi connectivity index (χ3v) is 6.50. The number of pyridine rings is 1. The van der Waals surface area contributed by atoms with Gasteiger partial charge in [0.15, 0.2) is 5.60 Å². The fraction of sp³-hybridized carbons (Fsp3) is 0.679. The quantitative estimate of drug-likeness (QED) is 0.416. The molecule has 7 nitrogen and oxygen atoms in total. The summed E-state index contributed by atoms with van der Waals surface area (Å²) in [6.45, 7) is 14.8. The minimum absolute atomic E-state index is 0.0874. The average Bonchev–Trinajstić information content (AvgIpc) is 3.47. The monoisotopic (exact) mass is 484 g/mol. The van der Waals surface area contributed by atoms with Gasteiger partial charge in [0.1, 0.15) is 0 Å². The number of rotatable bonds is 7. The first-order chi connectivity index (χ1) is 16.1. The van der Waals surface area contributed by atoms with Gasteiger partial charge in [0.25, 0.3) is 0 Å². The lowest BCUT2D eigenvalue weighted by molar-refractivity contribution is -0.180. The number of aromatic nitrogens is 1. The Bertz CT molecular complexity index is 1030. The molecule has 1 amide bonds. The fourth-order valence-electron chi connectivity index (χ4n) is 4.76.